The Morgan fingerprint density at radius 2 is 2.15 bits per heavy atom. The zero-order valence-corrected chi connectivity index (χ0v) is 8.38. The van der Waals surface area contributed by atoms with Crippen molar-refractivity contribution in [1.29, 1.82) is 0 Å². The Labute approximate surface area is 83.4 Å². The standard InChI is InChI=1S/C11H12ClN/c1-8-6-7-11(13-8)9-4-2-3-5-10(9)12/h2-5,8H,6-7H2,1H3. The van der Waals surface area contributed by atoms with Crippen molar-refractivity contribution in [2.45, 2.75) is 25.8 Å². The Hall–Kier alpha value is -0.820. The van der Waals surface area contributed by atoms with E-state index in [1.54, 1.807) is 0 Å². The Kier molecular flexibility index (Phi) is 2.36. The van der Waals surface area contributed by atoms with Crippen LogP contribution < -0.4 is 0 Å². The summed E-state index contributed by atoms with van der Waals surface area (Å²) in [6, 6.07) is 8.38. The van der Waals surface area contributed by atoms with E-state index in [0.29, 0.717) is 6.04 Å². The fourth-order valence-electron chi connectivity index (χ4n) is 1.64. The van der Waals surface area contributed by atoms with Crippen LogP contribution in [0.2, 0.25) is 5.02 Å². The summed E-state index contributed by atoms with van der Waals surface area (Å²) in [7, 11) is 0. The normalized spacial score (nSPS) is 21.7. The molecular weight excluding hydrogens is 182 g/mol. The maximum Gasteiger partial charge on any atom is 0.0496 e. The summed E-state index contributed by atoms with van der Waals surface area (Å²) in [5.74, 6) is 0. The van der Waals surface area contributed by atoms with Gasteiger partial charge in [0.1, 0.15) is 0 Å². The average molecular weight is 194 g/mol. The van der Waals surface area contributed by atoms with Crippen LogP contribution in [0.3, 0.4) is 0 Å². The topological polar surface area (TPSA) is 12.4 Å². The predicted octanol–water partition coefficient (Wildman–Crippen LogP) is 3.31. The van der Waals surface area contributed by atoms with Crippen molar-refractivity contribution in [3.05, 3.63) is 34.9 Å². The Morgan fingerprint density at radius 1 is 1.38 bits per heavy atom. The number of benzene rings is 1. The third-order valence-electron chi connectivity index (χ3n) is 2.36. The number of halogens is 1. The van der Waals surface area contributed by atoms with Gasteiger partial charge >= 0.3 is 0 Å². The van der Waals surface area contributed by atoms with Crippen LogP contribution in [0.15, 0.2) is 29.3 Å². The average Bonchev–Trinajstić information content (AvgIpc) is 2.53. The number of hydrogen-bond donors (Lipinski definition) is 0. The van der Waals surface area contributed by atoms with Gasteiger partial charge in [-0.1, -0.05) is 29.8 Å². The molecule has 68 valence electrons. The lowest BCUT2D eigenvalue weighted by atomic mass is 10.1. The first-order valence-electron chi connectivity index (χ1n) is 4.59. The molecule has 13 heavy (non-hydrogen) atoms. The highest BCUT2D eigenvalue weighted by atomic mass is 35.5. The minimum Gasteiger partial charge on any atom is -0.286 e. The molecule has 0 saturated carbocycles. The van der Waals surface area contributed by atoms with Gasteiger partial charge in [-0.05, 0) is 25.8 Å². The van der Waals surface area contributed by atoms with Crippen molar-refractivity contribution in [3.8, 4) is 0 Å². The molecule has 1 atom stereocenters. The van der Waals surface area contributed by atoms with Gasteiger partial charge in [-0.2, -0.15) is 0 Å². The highest BCUT2D eigenvalue weighted by Crippen LogP contribution is 2.23. The fraction of sp³-hybridized carbons (Fsp3) is 0.364. The summed E-state index contributed by atoms with van der Waals surface area (Å²) >= 11 is 6.07. The molecule has 1 aromatic carbocycles. The second-order valence-electron chi connectivity index (χ2n) is 3.44. The van der Waals surface area contributed by atoms with Crippen molar-refractivity contribution < 1.29 is 0 Å². The maximum atomic E-state index is 6.07. The minimum atomic E-state index is 0.464. The minimum absolute atomic E-state index is 0.464. The summed E-state index contributed by atoms with van der Waals surface area (Å²) in [4.78, 5) is 4.55. The second kappa shape index (κ2) is 3.51. The van der Waals surface area contributed by atoms with Gasteiger partial charge in [0.2, 0.25) is 0 Å². The molecule has 1 aliphatic heterocycles. The van der Waals surface area contributed by atoms with Gasteiger partial charge in [0, 0.05) is 22.3 Å². The van der Waals surface area contributed by atoms with E-state index in [9.17, 15) is 0 Å². The summed E-state index contributed by atoms with van der Waals surface area (Å²) in [5, 5.41) is 0.815. The van der Waals surface area contributed by atoms with E-state index < -0.39 is 0 Å². The molecule has 0 spiro atoms. The third-order valence-corrected chi connectivity index (χ3v) is 2.69. The molecule has 0 aromatic heterocycles. The molecule has 1 aliphatic rings. The molecule has 1 unspecified atom stereocenters. The van der Waals surface area contributed by atoms with Crippen LogP contribution in [0.4, 0.5) is 0 Å². The van der Waals surface area contributed by atoms with Gasteiger partial charge < -0.3 is 0 Å². The van der Waals surface area contributed by atoms with Crippen LogP contribution >= 0.6 is 11.6 Å². The summed E-state index contributed by atoms with van der Waals surface area (Å²) < 4.78 is 0. The largest absolute Gasteiger partial charge is 0.286 e. The first kappa shape index (κ1) is 8.76. The smallest absolute Gasteiger partial charge is 0.0496 e. The zero-order valence-electron chi connectivity index (χ0n) is 7.63. The van der Waals surface area contributed by atoms with Crippen molar-refractivity contribution >= 4 is 17.3 Å². The molecule has 2 heteroatoms. The van der Waals surface area contributed by atoms with E-state index in [1.165, 1.54) is 0 Å². The Morgan fingerprint density at radius 3 is 2.77 bits per heavy atom. The number of rotatable bonds is 1. The number of aliphatic imine (C=N–C) groups is 1. The molecule has 1 heterocycles. The van der Waals surface area contributed by atoms with Crippen LogP contribution in [-0.2, 0) is 0 Å². The van der Waals surface area contributed by atoms with Gasteiger partial charge in [0.15, 0.2) is 0 Å². The summed E-state index contributed by atoms with van der Waals surface area (Å²) in [5.41, 5.74) is 2.27. The van der Waals surface area contributed by atoms with Crippen molar-refractivity contribution in [2.75, 3.05) is 0 Å². The SMILES string of the molecule is CC1CCC(c2ccccc2Cl)=N1. The van der Waals surface area contributed by atoms with E-state index in [-0.39, 0.29) is 0 Å². The lowest BCUT2D eigenvalue weighted by Gasteiger charge is -2.01. The molecule has 0 aliphatic carbocycles. The molecule has 0 radical (unpaired) electrons. The van der Waals surface area contributed by atoms with Gasteiger partial charge in [-0.3, -0.25) is 4.99 Å². The van der Waals surface area contributed by atoms with E-state index in [4.69, 9.17) is 11.6 Å². The molecule has 1 aromatic rings. The Balaban J connectivity index is 2.36. The van der Waals surface area contributed by atoms with Crippen molar-refractivity contribution in [1.82, 2.24) is 0 Å². The summed E-state index contributed by atoms with van der Waals surface area (Å²) in [6.45, 7) is 2.14. The van der Waals surface area contributed by atoms with Gasteiger partial charge in [0.05, 0.1) is 0 Å². The predicted molar refractivity (Wildman–Crippen MR) is 56.7 cm³/mol. The quantitative estimate of drug-likeness (QED) is 0.649. The van der Waals surface area contributed by atoms with Gasteiger partial charge in [-0.25, -0.2) is 0 Å². The van der Waals surface area contributed by atoms with Gasteiger partial charge in [-0.15, -0.1) is 0 Å². The second-order valence-corrected chi connectivity index (χ2v) is 3.85. The van der Waals surface area contributed by atoms with Crippen LogP contribution in [0, 0.1) is 0 Å². The van der Waals surface area contributed by atoms with E-state index >= 15 is 0 Å². The molecule has 0 N–H and O–H groups in total. The lowest BCUT2D eigenvalue weighted by molar-refractivity contribution is 0.739. The zero-order chi connectivity index (χ0) is 9.26. The molecule has 0 bridgehead atoms. The lowest BCUT2D eigenvalue weighted by Crippen LogP contribution is -1.96. The first-order valence-corrected chi connectivity index (χ1v) is 4.97. The molecule has 0 fully saturated rings. The van der Waals surface area contributed by atoms with Crippen molar-refractivity contribution in [2.24, 2.45) is 4.99 Å². The van der Waals surface area contributed by atoms with Crippen molar-refractivity contribution in [3.63, 3.8) is 0 Å². The summed E-state index contributed by atoms with van der Waals surface area (Å²) in [6.07, 6.45) is 2.21. The fourth-order valence-corrected chi connectivity index (χ4v) is 1.88. The van der Waals surface area contributed by atoms with Gasteiger partial charge in [0.25, 0.3) is 0 Å². The first-order chi connectivity index (χ1) is 6.27. The monoisotopic (exact) mass is 193 g/mol. The van der Waals surface area contributed by atoms with Crippen LogP contribution in [-0.4, -0.2) is 11.8 Å². The highest BCUT2D eigenvalue weighted by molar-refractivity contribution is 6.34. The third kappa shape index (κ3) is 1.75. The molecule has 2 rings (SSSR count). The highest BCUT2D eigenvalue weighted by Gasteiger charge is 2.15. The van der Waals surface area contributed by atoms with E-state index in [1.807, 2.05) is 24.3 Å². The van der Waals surface area contributed by atoms with Crippen LogP contribution in [0.1, 0.15) is 25.3 Å². The Bertz CT molecular complexity index is 344. The number of nitrogens with zero attached hydrogens (tertiary/aromatic N) is 1. The van der Waals surface area contributed by atoms with E-state index in [2.05, 4.69) is 11.9 Å². The molecule has 0 saturated heterocycles. The molecular formula is C11H12ClN. The molecule has 0 amide bonds. The van der Waals surface area contributed by atoms with Crippen LogP contribution in [0.25, 0.3) is 0 Å². The number of hydrogen-bond acceptors (Lipinski definition) is 1. The van der Waals surface area contributed by atoms with E-state index in [0.717, 1.165) is 29.1 Å². The maximum absolute atomic E-state index is 6.07. The van der Waals surface area contributed by atoms with Crippen LogP contribution in [0.5, 0.6) is 0 Å². The molecule has 1 nitrogen and oxygen atoms in total.